The van der Waals surface area contributed by atoms with E-state index in [1.807, 2.05) is 13.0 Å². The van der Waals surface area contributed by atoms with Crippen LogP contribution in [0.25, 0.3) is 6.08 Å². The molecule has 0 heterocycles. The predicted molar refractivity (Wildman–Crippen MR) is 141 cm³/mol. The summed E-state index contributed by atoms with van der Waals surface area (Å²) in [5.41, 5.74) is 3.81. The summed E-state index contributed by atoms with van der Waals surface area (Å²) < 4.78 is 33.6. The van der Waals surface area contributed by atoms with Crippen LogP contribution in [0, 0.1) is 17.6 Å². The minimum Gasteiger partial charge on any atom is -0.495 e. The molecule has 1 unspecified atom stereocenters. The molecule has 186 valence electrons. The number of halogens is 2. The van der Waals surface area contributed by atoms with Gasteiger partial charge in [-0.25, -0.2) is 8.78 Å². The molecule has 34 heavy (non-hydrogen) atoms. The first-order chi connectivity index (χ1) is 16.2. The second kappa shape index (κ2) is 13.4. The molecule has 0 saturated carbocycles. The normalized spacial score (nSPS) is 16.7. The molecule has 0 amide bonds. The maximum Gasteiger partial charge on any atom is 0.162 e. The van der Waals surface area contributed by atoms with E-state index < -0.39 is 11.6 Å². The quantitative estimate of drug-likeness (QED) is 0.169. The van der Waals surface area contributed by atoms with Crippen molar-refractivity contribution in [3.63, 3.8) is 0 Å². The van der Waals surface area contributed by atoms with Crippen molar-refractivity contribution in [2.75, 3.05) is 13.2 Å². The average molecular weight is 470 g/mol. The van der Waals surface area contributed by atoms with Crippen molar-refractivity contribution in [1.82, 2.24) is 5.32 Å². The molecule has 0 spiro atoms. The maximum atomic E-state index is 14.3. The SMILES string of the molecule is C=CC1=C(/C=C\C)CC(CC(C)(C)NCCCCc2cc(/C=C/C(=C)OCC)cc(F)c2F)C1. The van der Waals surface area contributed by atoms with E-state index >= 15 is 0 Å². The highest BCUT2D eigenvalue weighted by atomic mass is 19.2. The summed E-state index contributed by atoms with van der Waals surface area (Å²) in [5, 5.41) is 3.67. The van der Waals surface area contributed by atoms with Gasteiger partial charge in [-0.3, -0.25) is 0 Å². The number of hydrogen-bond donors (Lipinski definition) is 1. The lowest BCUT2D eigenvalue weighted by Crippen LogP contribution is -2.41. The van der Waals surface area contributed by atoms with Crippen LogP contribution in [0.3, 0.4) is 0 Å². The number of aryl methyl sites for hydroxylation is 1. The molecule has 1 aromatic rings. The Kier molecular flexibility index (Phi) is 11.0. The Bertz CT molecular complexity index is 939. The van der Waals surface area contributed by atoms with Crippen molar-refractivity contribution >= 4 is 6.08 Å². The van der Waals surface area contributed by atoms with E-state index in [1.165, 1.54) is 17.2 Å². The molecule has 1 aliphatic carbocycles. The van der Waals surface area contributed by atoms with Gasteiger partial charge in [0.05, 0.1) is 6.61 Å². The van der Waals surface area contributed by atoms with Gasteiger partial charge in [0.15, 0.2) is 11.6 Å². The summed E-state index contributed by atoms with van der Waals surface area (Å²) in [5.74, 6) is -0.458. The topological polar surface area (TPSA) is 21.3 Å². The molecule has 2 rings (SSSR count). The van der Waals surface area contributed by atoms with Gasteiger partial charge in [-0.15, -0.1) is 0 Å². The van der Waals surface area contributed by atoms with Crippen molar-refractivity contribution in [2.24, 2.45) is 5.92 Å². The van der Waals surface area contributed by atoms with Gasteiger partial charge in [0.2, 0.25) is 0 Å². The van der Waals surface area contributed by atoms with E-state index in [9.17, 15) is 8.78 Å². The number of ether oxygens (including phenoxy) is 1. The molecule has 0 radical (unpaired) electrons. The van der Waals surface area contributed by atoms with E-state index in [0.29, 0.717) is 35.8 Å². The Hall–Kier alpha value is -2.46. The molecular weight excluding hydrogens is 428 g/mol. The fourth-order valence-electron chi connectivity index (χ4n) is 4.72. The summed E-state index contributed by atoms with van der Waals surface area (Å²) in [6, 6.07) is 2.91. The van der Waals surface area contributed by atoms with Crippen LogP contribution in [-0.4, -0.2) is 18.7 Å². The standard InChI is InChI=1S/C30H41F2NO/c1-7-12-26-19-24(18-25(26)8-2)21-30(5,6)33-16-11-10-13-27-17-23(20-28(31)29(27)32)15-14-22(4)34-9-3/h7-8,12,14-15,17,20,24,33H,2,4,9-11,13,16,18-19,21H2,1,3,5-6H3/b12-7-,15-14+. The zero-order valence-corrected chi connectivity index (χ0v) is 21.4. The predicted octanol–water partition coefficient (Wildman–Crippen LogP) is 8.08. The van der Waals surface area contributed by atoms with E-state index in [0.717, 1.165) is 38.6 Å². The van der Waals surface area contributed by atoms with Crippen molar-refractivity contribution in [3.05, 3.63) is 89.3 Å². The molecule has 1 N–H and O–H groups in total. The molecule has 0 aliphatic heterocycles. The highest BCUT2D eigenvalue weighted by Crippen LogP contribution is 2.37. The van der Waals surface area contributed by atoms with Crippen molar-refractivity contribution in [3.8, 4) is 0 Å². The molecule has 0 bridgehead atoms. The fraction of sp³-hybridized carbons (Fsp3) is 0.467. The van der Waals surface area contributed by atoms with Gasteiger partial charge in [0.25, 0.3) is 0 Å². The number of rotatable bonds is 14. The Balaban J connectivity index is 1.82. The van der Waals surface area contributed by atoms with Gasteiger partial charge in [-0.1, -0.05) is 37.5 Å². The van der Waals surface area contributed by atoms with Crippen LogP contribution < -0.4 is 5.32 Å². The Labute approximate surface area is 205 Å². The van der Waals surface area contributed by atoms with E-state index in [4.69, 9.17) is 4.74 Å². The first-order valence-electron chi connectivity index (χ1n) is 12.4. The third-order valence-corrected chi connectivity index (χ3v) is 6.24. The number of benzene rings is 1. The van der Waals surface area contributed by atoms with Crippen molar-refractivity contribution < 1.29 is 13.5 Å². The monoisotopic (exact) mass is 469 g/mol. The number of allylic oxidation sites excluding steroid dienone is 6. The smallest absolute Gasteiger partial charge is 0.162 e. The van der Waals surface area contributed by atoms with E-state index in [-0.39, 0.29) is 5.54 Å². The summed E-state index contributed by atoms with van der Waals surface area (Å²) in [6.07, 6.45) is 15.1. The zero-order valence-electron chi connectivity index (χ0n) is 21.4. The molecule has 0 fully saturated rings. The molecule has 4 heteroatoms. The molecule has 1 atom stereocenters. The minimum atomic E-state index is -0.820. The molecule has 1 aliphatic rings. The van der Waals surface area contributed by atoms with Gasteiger partial charge in [-0.05, 0) is 119 Å². The second-order valence-electron chi connectivity index (χ2n) is 9.71. The van der Waals surface area contributed by atoms with Gasteiger partial charge in [-0.2, -0.15) is 0 Å². The van der Waals surface area contributed by atoms with Gasteiger partial charge in [0, 0.05) is 5.54 Å². The van der Waals surface area contributed by atoms with Crippen LogP contribution in [0.1, 0.15) is 70.9 Å². The van der Waals surface area contributed by atoms with Crippen LogP contribution in [0.15, 0.2) is 66.5 Å². The van der Waals surface area contributed by atoms with E-state index in [1.54, 1.807) is 18.2 Å². The van der Waals surface area contributed by atoms with Gasteiger partial charge >= 0.3 is 0 Å². The van der Waals surface area contributed by atoms with Crippen molar-refractivity contribution in [2.45, 2.75) is 71.8 Å². The average Bonchev–Trinajstić information content (AvgIpc) is 3.15. The maximum absolute atomic E-state index is 14.3. The Morgan fingerprint density at radius 2 is 1.91 bits per heavy atom. The van der Waals surface area contributed by atoms with Crippen molar-refractivity contribution in [1.29, 1.82) is 0 Å². The van der Waals surface area contributed by atoms with Crippen LogP contribution in [0.4, 0.5) is 8.78 Å². The third kappa shape index (κ3) is 8.72. The van der Waals surface area contributed by atoms with Crippen LogP contribution in [0.2, 0.25) is 0 Å². The molecule has 1 aromatic carbocycles. The third-order valence-electron chi connectivity index (χ3n) is 6.24. The summed E-state index contributed by atoms with van der Waals surface area (Å²) in [6.45, 7) is 17.5. The number of unbranched alkanes of at least 4 members (excludes halogenated alkanes) is 1. The van der Waals surface area contributed by atoms with Crippen LogP contribution in [0.5, 0.6) is 0 Å². The second-order valence-corrected chi connectivity index (χ2v) is 9.71. The first-order valence-corrected chi connectivity index (χ1v) is 12.4. The van der Waals surface area contributed by atoms with Gasteiger partial charge in [0.1, 0.15) is 5.76 Å². The first kappa shape index (κ1) is 27.8. The lowest BCUT2D eigenvalue weighted by molar-refractivity contribution is 0.244. The Morgan fingerprint density at radius 3 is 2.59 bits per heavy atom. The molecule has 0 saturated heterocycles. The lowest BCUT2D eigenvalue weighted by Gasteiger charge is -2.30. The summed E-state index contributed by atoms with van der Waals surface area (Å²) >= 11 is 0. The fourth-order valence-corrected chi connectivity index (χ4v) is 4.72. The van der Waals surface area contributed by atoms with Gasteiger partial charge < -0.3 is 10.1 Å². The summed E-state index contributed by atoms with van der Waals surface area (Å²) in [4.78, 5) is 0. The zero-order chi connectivity index (χ0) is 25.1. The number of nitrogens with one attached hydrogen (secondary N) is 1. The molecule has 0 aromatic heterocycles. The highest BCUT2D eigenvalue weighted by molar-refractivity contribution is 5.53. The van der Waals surface area contributed by atoms with E-state index in [2.05, 4.69) is 51.4 Å². The minimum absolute atomic E-state index is 0.0212. The highest BCUT2D eigenvalue weighted by Gasteiger charge is 2.27. The van der Waals surface area contributed by atoms with Crippen LogP contribution >= 0.6 is 0 Å². The molecular formula is C30H41F2NO. The van der Waals surface area contributed by atoms with Crippen LogP contribution in [-0.2, 0) is 11.2 Å². The number of hydrogen-bond acceptors (Lipinski definition) is 2. The largest absolute Gasteiger partial charge is 0.495 e. The Morgan fingerprint density at radius 1 is 1.18 bits per heavy atom. The summed E-state index contributed by atoms with van der Waals surface area (Å²) in [7, 11) is 0. The molecule has 2 nitrogen and oxygen atoms in total. The lowest BCUT2D eigenvalue weighted by atomic mass is 9.88.